The molecule has 366 valence electrons. The van der Waals surface area contributed by atoms with E-state index in [-0.39, 0.29) is 44.7 Å². The quantitative estimate of drug-likeness (QED) is 0.135. The second-order valence-electron chi connectivity index (χ2n) is 17.4. The summed E-state index contributed by atoms with van der Waals surface area (Å²) in [7, 11) is -2.17. The fraction of sp³-hybridized carbons (Fsp3) is 0.375. The summed E-state index contributed by atoms with van der Waals surface area (Å²) in [5.41, 5.74) is 6.40. The number of sulfonamides is 1. The highest BCUT2D eigenvalue weighted by molar-refractivity contribution is 8.13. The molecule has 2 atom stereocenters. The van der Waals surface area contributed by atoms with Crippen LogP contribution in [-0.2, 0) is 41.5 Å². The molecule has 21 heteroatoms. The Bertz CT molecular complexity index is 2890. The van der Waals surface area contributed by atoms with Gasteiger partial charge in [0.05, 0.1) is 22.2 Å². The van der Waals surface area contributed by atoms with Gasteiger partial charge in [-0.2, -0.15) is 0 Å². The molecule has 4 aromatic carbocycles. The number of carbonyl (C=O) groups is 2. The molecule has 0 radical (unpaired) electrons. The number of halogens is 4. The first-order valence-electron chi connectivity index (χ1n) is 22.8. The van der Waals surface area contributed by atoms with E-state index in [0.717, 1.165) is 71.6 Å². The molecule has 4 aliphatic heterocycles. The number of anilines is 5. The van der Waals surface area contributed by atoms with E-state index in [1.54, 1.807) is 36.4 Å². The average Bonchev–Trinajstić information content (AvgIpc) is 3.35. The van der Waals surface area contributed by atoms with Gasteiger partial charge in [0.1, 0.15) is 17.2 Å². The van der Waals surface area contributed by atoms with Crippen molar-refractivity contribution in [3.05, 3.63) is 124 Å². The molecule has 2 amide bonds. The third kappa shape index (κ3) is 11.9. The maximum atomic E-state index is 13.4. The molecule has 4 aliphatic rings. The molecule has 69 heavy (non-hydrogen) atoms. The molecule has 5 aromatic rings. The summed E-state index contributed by atoms with van der Waals surface area (Å²) in [6.45, 7) is 10.8. The van der Waals surface area contributed by atoms with Crippen LogP contribution < -0.4 is 24.3 Å². The van der Waals surface area contributed by atoms with Gasteiger partial charge < -0.3 is 29.4 Å². The molecule has 0 spiro atoms. The van der Waals surface area contributed by atoms with Crippen LogP contribution in [0.2, 0.25) is 15.2 Å². The Hall–Kier alpha value is -5.04. The fourth-order valence-electron chi connectivity index (χ4n) is 9.40. The standard InChI is InChI=1S/C26H28Cl2N6O3S.C22H25Cl2N3O3S/c1-18(34-10-2-3-19-15-20(27)4-9-23(19)34)26(35)33-13-11-32(12-14-33)21-5-7-22(8-6-21)38(36,37)31-25-17-29-16-24(28)30-25;1-16(27-10-2-3-17-15-18(23)4-9-21(17)27)22(28)26-13-11-25(12-14-26)19-5-7-20(8-6-19)31(24,29)30/h4-9,15-18H,2-3,10-14H2,1H3,(H,30,31);4-9,15-16H,2-3,10-14H2,1H3/t18-;16-/m11/s1. The van der Waals surface area contributed by atoms with Crippen molar-refractivity contribution in [3.63, 3.8) is 0 Å². The van der Waals surface area contributed by atoms with E-state index in [9.17, 15) is 26.4 Å². The zero-order chi connectivity index (χ0) is 49.0. The number of aryl methyl sites for hydroxylation is 2. The van der Waals surface area contributed by atoms with Gasteiger partial charge in [-0.1, -0.05) is 34.8 Å². The smallest absolute Gasteiger partial charge is 0.263 e. The van der Waals surface area contributed by atoms with E-state index in [0.29, 0.717) is 52.4 Å². The van der Waals surface area contributed by atoms with E-state index in [4.69, 9.17) is 45.5 Å². The molecular formula is C48H53Cl4N9O6S2. The van der Waals surface area contributed by atoms with Crippen LogP contribution in [-0.4, -0.2) is 126 Å². The molecular weight excluding hydrogens is 1000 g/mol. The van der Waals surface area contributed by atoms with Gasteiger partial charge in [0.15, 0.2) is 5.82 Å². The highest BCUT2D eigenvalue weighted by Crippen LogP contribution is 2.34. The monoisotopic (exact) mass is 1060 g/mol. The molecule has 2 fully saturated rings. The Morgan fingerprint density at radius 1 is 0.580 bits per heavy atom. The fourth-order valence-corrected chi connectivity index (χ4v) is 11.7. The normalized spacial score (nSPS) is 17.2. The number of benzene rings is 4. The van der Waals surface area contributed by atoms with Crippen molar-refractivity contribution in [2.24, 2.45) is 0 Å². The van der Waals surface area contributed by atoms with Crippen LogP contribution in [0, 0.1) is 0 Å². The molecule has 9 rings (SSSR count). The number of rotatable bonds is 10. The molecule has 1 aromatic heterocycles. The van der Waals surface area contributed by atoms with Crippen molar-refractivity contribution in [2.75, 3.05) is 89.8 Å². The summed E-state index contributed by atoms with van der Waals surface area (Å²) >= 11 is 18.1. The predicted octanol–water partition coefficient (Wildman–Crippen LogP) is 7.83. The SMILES string of the molecule is C[C@H](C(=O)N1CCN(c2ccc(S(=O)(=O)Cl)cc2)CC1)N1CCCc2cc(Cl)ccc21.C[C@H](C(=O)N1CCN(c2ccc(S(=O)(=O)Nc3cncc(Cl)n3)cc2)CC1)N1CCCc2cc(Cl)ccc21. The van der Waals surface area contributed by atoms with Gasteiger partial charge in [-0.25, -0.2) is 21.8 Å². The Balaban J connectivity index is 0.000000190. The summed E-state index contributed by atoms with van der Waals surface area (Å²) in [6.07, 6.45) is 6.57. The zero-order valence-corrected chi connectivity index (χ0v) is 42.8. The van der Waals surface area contributed by atoms with Gasteiger partial charge in [-0.15, -0.1) is 0 Å². The lowest BCUT2D eigenvalue weighted by atomic mass is 10.00. The second-order valence-corrected chi connectivity index (χ2v) is 22.9. The maximum absolute atomic E-state index is 13.4. The average molecular weight is 1060 g/mol. The molecule has 1 N–H and O–H groups in total. The van der Waals surface area contributed by atoms with E-state index < -0.39 is 19.1 Å². The third-order valence-electron chi connectivity index (χ3n) is 13.1. The maximum Gasteiger partial charge on any atom is 0.263 e. The number of hydrogen-bond donors (Lipinski definition) is 1. The molecule has 0 bridgehead atoms. The number of aromatic nitrogens is 2. The van der Waals surface area contributed by atoms with E-state index in [1.165, 1.54) is 35.7 Å². The number of amides is 2. The Morgan fingerprint density at radius 2 is 1.01 bits per heavy atom. The van der Waals surface area contributed by atoms with Crippen molar-refractivity contribution in [1.82, 2.24) is 19.8 Å². The summed E-state index contributed by atoms with van der Waals surface area (Å²) < 4.78 is 50.7. The van der Waals surface area contributed by atoms with Crippen LogP contribution in [0.15, 0.2) is 107 Å². The van der Waals surface area contributed by atoms with Crippen LogP contribution >= 0.6 is 45.5 Å². The van der Waals surface area contributed by atoms with Crippen molar-refractivity contribution in [1.29, 1.82) is 0 Å². The van der Waals surface area contributed by atoms with E-state index in [2.05, 4.69) is 34.3 Å². The summed E-state index contributed by atoms with van der Waals surface area (Å²) in [5.74, 6) is 0.295. The number of hydrogen-bond acceptors (Lipinski definition) is 12. The van der Waals surface area contributed by atoms with Gasteiger partial charge in [0, 0.05) is 109 Å². The van der Waals surface area contributed by atoms with Gasteiger partial charge in [0.2, 0.25) is 11.8 Å². The largest absolute Gasteiger partial charge is 0.368 e. The summed E-state index contributed by atoms with van der Waals surface area (Å²) in [5, 5.41) is 1.55. The van der Waals surface area contributed by atoms with Crippen molar-refractivity contribution in [3.8, 4) is 0 Å². The first-order chi connectivity index (χ1) is 32.9. The van der Waals surface area contributed by atoms with Crippen LogP contribution in [0.3, 0.4) is 0 Å². The highest BCUT2D eigenvalue weighted by atomic mass is 35.7. The predicted molar refractivity (Wildman–Crippen MR) is 275 cm³/mol. The minimum atomic E-state index is -3.84. The van der Waals surface area contributed by atoms with Crippen LogP contribution in [0.5, 0.6) is 0 Å². The topological polar surface area (TPSA) is 160 Å². The molecule has 0 aliphatic carbocycles. The minimum Gasteiger partial charge on any atom is -0.368 e. The van der Waals surface area contributed by atoms with Crippen LogP contribution in [0.25, 0.3) is 0 Å². The van der Waals surface area contributed by atoms with Crippen molar-refractivity contribution < 1.29 is 26.4 Å². The lowest BCUT2D eigenvalue weighted by molar-refractivity contribution is -0.133. The number of fused-ring (bicyclic) bond motifs is 2. The lowest BCUT2D eigenvalue weighted by Gasteiger charge is -2.41. The Kier molecular flexibility index (Phi) is 15.7. The zero-order valence-electron chi connectivity index (χ0n) is 38.1. The minimum absolute atomic E-state index is 0.0495. The van der Waals surface area contributed by atoms with Crippen LogP contribution in [0.1, 0.15) is 37.8 Å². The van der Waals surface area contributed by atoms with Crippen LogP contribution in [0.4, 0.5) is 28.6 Å². The second kappa shape index (κ2) is 21.5. The summed E-state index contributed by atoms with van der Waals surface area (Å²) in [6, 6.07) is 24.5. The number of carbonyl (C=O) groups excluding carboxylic acids is 2. The van der Waals surface area contributed by atoms with Gasteiger partial charge in [0.25, 0.3) is 19.1 Å². The molecule has 0 unspecified atom stereocenters. The van der Waals surface area contributed by atoms with Gasteiger partial charge >= 0.3 is 0 Å². The van der Waals surface area contributed by atoms with Gasteiger partial charge in [-0.3, -0.25) is 19.3 Å². The third-order valence-corrected chi connectivity index (χ3v) is 16.5. The molecule has 2 saturated heterocycles. The Morgan fingerprint density at radius 3 is 1.43 bits per heavy atom. The first-order valence-corrected chi connectivity index (χ1v) is 27.7. The number of nitrogens with one attached hydrogen (secondary N) is 1. The van der Waals surface area contributed by atoms with Gasteiger partial charge in [-0.05, 0) is 136 Å². The van der Waals surface area contributed by atoms with E-state index in [1.807, 2.05) is 60.0 Å². The Labute approximate surface area is 423 Å². The van der Waals surface area contributed by atoms with E-state index >= 15 is 0 Å². The molecule has 5 heterocycles. The number of piperazine rings is 2. The highest BCUT2D eigenvalue weighted by Gasteiger charge is 2.33. The first kappa shape index (κ1) is 50.4. The lowest BCUT2D eigenvalue weighted by Crippen LogP contribution is -2.55. The van der Waals surface area contributed by atoms with Crippen molar-refractivity contribution in [2.45, 2.75) is 61.4 Å². The van der Waals surface area contributed by atoms with Crippen molar-refractivity contribution >= 4 is 105 Å². The number of nitrogens with zero attached hydrogens (tertiary/aromatic N) is 8. The molecule has 0 saturated carbocycles. The summed E-state index contributed by atoms with van der Waals surface area (Å²) in [4.78, 5) is 47.1. The molecule has 15 nitrogen and oxygen atoms in total.